The molecule has 2 rings (SSSR count). The van der Waals surface area contributed by atoms with E-state index in [1.807, 2.05) is 43.0 Å². The zero-order valence-corrected chi connectivity index (χ0v) is 18.3. The maximum absolute atomic E-state index is 12.5. The van der Waals surface area contributed by atoms with Gasteiger partial charge in [0, 0.05) is 19.3 Å². The van der Waals surface area contributed by atoms with Crippen LogP contribution in [0.5, 0.6) is 5.75 Å². The van der Waals surface area contributed by atoms with Crippen LogP contribution < -0.4 is 4.74 Å². The number of amides is 1. The molecule has 1 aliphatic carbocycles. The van der Waals surface area contributed by atoms with Crippen molar-refractivity contribution in [3.63, 3.8) is 0 Å². The summed E-state index contributed by atoms with van der Waals surface area (Å²) < 4.78 is 5.88. The fraction of sp³-hybridized carbons (Fsp3) is 0.440. The van der Waals surface area contributed by atoms with Crippen LogP contribution in [0.4, 0.5) is 0 Å². The maximum Gasteiger partial charge on any atom is 0.267 e. The Hall–Kier alpha value is -2.62. The summed E-state index contributed by atoms with van der Waals surface area (Å²) in [6.45, 7) is 10.1. The Morgan fingerprint density at radius 2 is 1.97 bits per heavy atom. The summed E-state index contributed by atoms with van der Waals surface area (Å²) in [6, 6.07) is 8.03. The van der Waals surface area contributed by atoms with Gasteiger partial charge in [-0.05, 0) is 68.9 Å². The lowest BCUT2D eigenvalue weighted by molar-refractivity contribution is -0.124. The van der Waals surface area contributed by atoms with Gasteiger partial charge in [-0.3, -0.25) is 9.79 Å². The first-order valence-electron chi connectivity index (χ1n) is 10.6. The van der Waals surface area contributed by atoms with E-state index in [1.54, 1.807) is 13.1 Å². The van der Waals surface area contributed by atoms with Crippen LogP contribution in [0.2, 0.25) is 0 Å². The fourth-order valence-corrected chi connectivity index (χ4v) is 3.07. The summed E-state index contributed by atoms with van der Waals surface area (Å²) in [7, 11) is 0. The van der Waals surface area contributed by atoms with E-state index in [2.05, 4.69) is 30.1 Å². The second-order valence-corrected chi connectivity index (χ2v) is 7.37. The van der Waals surface area contributed by atoms with Gasteiger partial charge >= 0.3 is 0 Å². The molecule has 1 aliphatic rings. The molecule has 0 aliphatic heterocycles. The molecule has 1 aromatic rings. The minimum absolute atomic E-state index is 0.0145. The lowest BCUT2D eigenvalue weighted by Crippen LogP contribution is -2.36. The van der Waals surface area contributed by atoms with Crippen molar-refractivity contribution in [3.05, 3.63) is 59.8 Å². The lowest BCUT2D eigenvalue weighted by atomic mass is 10.1. The molecule has 156 valence electrons. The molecule has 0 bridgehead atoms. The Labute approximate surface area is 175 Å². The van der Waals surface area contributed by atoms with Crippen LogP contribution in [0.1, 0.15) is 58.9 Å². The zero-order valence-electron chi connectivity index (χ0n) is 18.3. The molecule has 0 heterocycles. The van der Waals surface area contributed by atoms with Crippen LogP contribution in [0.15, 0.2) is 59.3 Å². The molecule has 1 aromatic carbocycles. The van der Waals surface area contributed by atoms with Gasteiger partial charge in [0.05, 0.1) is 0 Å². The van der Waals surface area contributed by atoms with Crippen LogP contribution in [0.25, 0.3) is 5.57 Å². The number of nitrogens with zero attached hydrogens (tertiary/aromatic N) is 2. The van der Waals surface area contributed by atoms with E-state index in [4.69, 9.17) is 4.74 Å². The first-order chi connectivity index (χ1) is 14.0. The quantitative estimate of drug-likeness (QED) is 0.470. The highest BCUT2D eigenvalue weighted by atomic mass is 16.5. The van der Waals surface area contributed by atoms with Crippen molar-refractivity contribution in [3.8, 4) is 5.75 Å². The molecule has 0 aromatic heterocycles. The largest absolute Gasteiger partial charge is 0.489 e. The highest BCUT2D eigenvalue weighted by Crippen LogP contribution is 2.20. The molecule has 0 radical (unpaired) electrons. The Morgan fingerprint density at radius 3 is 2.59 bits per heavy atom. The number of hydrogen-bond donors (Lipinski definition) is 0. The van der Waals surface area contributed by atoms with Crippen molar-refractivity contribution in [2.45, 2.75) is 53.4 Å². The molecule has 0 spiro atoms. The standard InChI is InChI=1S/C25H34N2O2/c1-5-7-17-27(6-2)25(28)21(4)26-18-20(3)23-13-15-24(16-14-23)29-19-22-11-9-8-10-12-22/h8-9,11,13-16,18H,5-7,10,12,17,19H2,1-4H3/b20-18+,26-21?. The van der Waals surface area contributed by atoms with Gasteiger partial charge in [0.1, 0.15) is 18.1 Å². The van der Waals surface area contributed by atoms with Gasteiger partial charge in [-0.1, -0.05) is 43.7 Å². The molecule has 1 amide bonds. The van der Waals surface area contributed by atoms with Gasteiger partial charge in [-0.2, -0.15) is 0 Å². The molecule has 0 fully saturated rings. The van der Waals surface area contributed by atoms with Gasteiger partial charge in [-0.15, -0.1) is 0 Å². The second-order valence-electron chi connectivity index (χ2n) is 7.37. The molecule has 0 atom stereocenters. The number of ether oxygens (including phenoxy) is 1. The molecule has 4 heteroatoms. The lowest BCUT2D eigenvalue weighted by Gasteiger charge is -2.20. The first-order valence-corrected chi connectivity index (χ1v) is 10.6. The Morgan fingerprint density at radius 1 is 1.21 bits per heavy atom. The number of unbranched alkanes of at least 4 members (excludes halogenated alkanes) is 1. The summed E-state index contributed by atoms with van der Waals surface area (Å²) in [4.78, 5) is 18.8. The van der Waals surface area contributed by atoms with Gasteiger partial charge in [-0.25, -0.2) is 0 Å². The fourth-order valence-electron chi connectivity index (χ4n) is 3.07. The van der Waals surface area contributed by atoms with Gasteiger partial charge in [0.2, 0.25) is 0 Å². The Bertz CT molecular complexity index is 786. The number of allylic oxidation sites excluding steroid dienone is 4. The molecular weight excluding hydrogens is 360 g/mol. The van der Waals surface area contributed by atoms with Gasteiger partial charge < -0.3 is 9.64 Å². The van der Waals surface area contributed by atoms with E-state index in [9.17, 15) is 4.79 Å². The third kappa shape index (κ3) is 7.37. The van der Waals surface area contributed by atoms with Gasteiger partial charge in [0.25, 0.3) is 5.91 Å². The summed E-state index contributed by atoms with van der Waals surface area (Å²) in [5.41, 5.74) is 3.93. The van der Waals surface area contributed by atoms with E-state index < -0.39 is 0 Å². The van der Waals surface area contributed by atoms with Crippen molar-refractivity contribution in [1.29, 1.82) is 0 Å². The van der Waals surface area contributed by atoms with E-state index in [0.717, 1.165) is 49.1 Å². The Balaban J connectivity index is 1.95. The third-order valence-corrected chi connectivity index (χ3v) is 5.05. The minimum Gasteiger partial charge on any atom is -0.489 e. The predicted octanol–water partition coefficient (Wildman–Crippen LogP) is 5.81. The smallest absolute Gasteiger partial charge is 0.267 e. The average Bonchev–Trinajstić information content (AvgIpc) is 2.77. The normalized spacial score (nSPS) is 14.6. The molecule has 0 unspecified atom stereocenters. The molecule has 29 heavy (non-hydrogen) atoms. The van der Waals surface area contributed by atoms with Crippen molar-refractivity contribution in [1.82, 2.24) is 4.90 Å². The summed E-state index contributed by atoms with van der Waals surface area (Å²) in [5, 5.41) is 0. The number of carbonyl (C=O) groups excluding carboxylic acids is 1. The maximum atomic E-state index is 12.5. The summed E-state index contributed by atoms with van der Waals surface area (Å²) in [6.07, 6.45) is 12.4. The summed E-state index contributed by atoms with van der Waals surface area (Å²) >= 11 is 0. The van der Waals surface area contributed by atoms with Crippen LogP contribution in [0.3, 0.4) is 0 Å². The number of aliphatic imine (C=N–C) groups is 1. The zero-order chi connectivity index (χ0) is 21.1. The highest BCUT2D eigenvalue weighted by molar-refractivity contribution is 6.38. The third-order valence-electron chi connectivity index (χ3n) is 5.05. The predicted molar refractivity (Wildman–Crippen MR) is 122 cm³/mol. The second kappa shape index (κ2) is 12.1. The number of rotatable bonds is 10. The van der Waals surface area contributed by atoms with E-state index in [0.29, 0.717) is 18.9 Å². The molecular formula is C25H34N2O2. The van der Waals surface area contributed by atoms with Gasteiger partial charge in [0.15, 0.2) is 0 Å². The average molecular weight is 395 g/mol. The number of benzene rings is 1. The van der Waals surface area contributed by atoms with Crippen LogP contribution in [-0.2, 0) is 4.79 Å². The number of carbonyl (C=O) groups is 1. The monoisotopic (exact) mass is 394 g/mol. The van der Waals surface area contributed by atoms with Crippen molar-refractivity contribution in [2.75, 3.05) is 19.7 Å². The first kappa shape index (κ1) is 22.7. The molecule has 4 nitrogen and oxygen atoms in total. The number of hydrogen-bond acceptors (Lipinski definition) is 3. The molecule has 0 N–H and O–H groups in total. The SMILES string of the molecule is CCCCN(CC)C(=O)C(C)=N/C=C(\C)c1ccc(OCC2=CC=CCC2)cc1. The van der Waals surface area contributed by atoms with Crippen molar-refractivity contribution in [2.24, 2.45) is 4.99 Å². The van der Waals surface area contributed by atoms with Crippen molar-refractivity contribution < 1.29 is 9.53 Å². The van der Waals surface area contributed by atoms with E-state index >= 15 is 0 Å². The molecule has 0 saturated carbocycles. The highest BCUT2D eigenvalue weighted by Gasteiger charge is 2.13. The minimum atomic E-state index is 0.0145. The van der Waals surface area contributed by atoms with E-state index in [1.165, 1.54) is 5.57 Å². The summed E-state index contributed by atoms with van der Waals surface area (Å²) in [5.74, 6) is 0.877. The van der Waals surface area contributed by atoms with Crippen molar-refractivity contribution >= 4 is 17.2 Å². The van der Waals surface area contributed by atoms with Crippen LogP contribution in [-0.4, -0.2) is 36.2 Å². The van der Waals surface area contributed by atoms with Crippen LogP contribution in [0, 0.1) is 0 Å². The molecule has 0 saturated heterocycles. The Kier molecular flexibility index (Phi) is 9.42. The topological polar surface area (TPSA) is 41.9 Å². The van der Waals surface area contributed by atoms with Crippen LogP contribution >= 0.6 is 0 Å². The van der Waals surface area contributed by atoms with E-state index in [-0.39, 0.29) is 5.91 Å².